The van der Waals surface area contributed by atoms with Crippen LogP contribution in [0.15, 0.2) is 40.9 Å². The van der Waals surface area contributed by atoms with Gasteiger partial charge >= 0.3 is 5.97 Å². The van der Waals surface area contributed by atoms with E-state index in [0.717, 1.165) is 10.0 Å². The number of cyclic esters (lactones) is 1. The standard InChI is InChI=1S/C15H7BrCl2O2/c16-9-3-1-8(2-4-9)5-14-10-6-12(17)13(18)7-11(10)15(19)20-14/h1-7H/b14-5-. The summed E-state index contributed by atoms with van der Waals surface area (Å²) in [6.45, 7) is 0. The number of ether oxygens (including phenoxy) is 1. The van der Waals surface area contributed by atoms with Crippen molar-refractivity contribution in [2.75, 3.05) is 0 Å². The maximum absolute atomic E-state index is 11.8. The molecule has 0 fully saturated rings. The average Bonchev–Trinajstić information content (AvgIpc) is 2.70. The van der Waals surface area contributed by atoms with E-state index in [1.807, 2.05) is 24.3 Å². The Morgan fingerprint density at radius 2 is 1.60 bits per heavy atom. The number of fused-ring (bicyclic) bond motifs is 1. The van der Waals surface area contributed by atoms with Gasteiger partial charge in [0.05, 0.1) is 15.6 Å². The molecule has 0 aromatic heterocycles. The number of benzene rings is 2. The molecule has 0 saturated carbocycles. The van der Waals surface area contributed by atoms with Crippen molar-refractivity contribution >= 4 is 56.9 Å². The van der Waals surface area contributed by atoms with Crippen LogP contribution >= 0.6 is 39.1 Å². The van der Waals surface area contributed by atoms with Gasteiger partial charge in [0.15, 0.2) is 0 Å². The van der Waals surface area contributed by atoms with Gasteiger partial charge in [-0.3, -0.25) is 0 Å². The Balaban J connectivity index is 2.09. The van der Waals surface area contributed by atoms with Crippen LogP contribution < -0.4 is 0 Å². The molecule has 2 nitrogen and oxygen atoms in total. The van der Waals surface area contributed by atoms with Gasteiger partial charge in [-0.2, -0.15) is 0 Å². The van der Waals surface area contributed by atoms with Gasteiger partial charge in [-0.15, -0.1) is 0 Å². The van der Waals surface area contributed by atoms with Crippen molar-refractivity contribution < 1.29 is 9.53 Å². The molecule has 0 atom stereocenters. The lowest BCUT2D eigenvalue weighted by Gasteiger charge is -2.01. The van der Waals surface area contributed by atoms with E-state index in [1.165, 1.54) is 6.07 Å². The minimum atomic E-state index is -0.415. The first-order valence-electron chi connectivity index (χ1n) is 5.73. The number of carbonyl (C=O) groups is 1. The second-order valence-corrected chi connectivity index (χ2v) is 5.99. The van der Waals surface area contributed by atoms with Crippen LogP contribution in [0.3, 0.4) is 0 Å². The highest BCUT2D eigenvalue weighted by Crippen LogP contribution is 2.36. The van der Waals surface area contributed by atoms with Gasteiger partial charge in [-0.05, 0) is 35.9 Å². The fourth-order valence-electron chi connectivity index (χ4n) is 1.95. The van der Waals surface area contributed by atoms with E-state index < -0.39 is 5.97 Å². The maximum atomic E-state index is 11.8. The van der Waals surface area contributed by atoms with Gasteiger partial charge in [-0.1, -0.05) is 51.3 Å². The van der Waals surface area contributed by atoms with E-state index in [-0.39, 0.29) is 0 Å². The van der Waals surface area contributed by atoms with Crippen molar-refractivity contribution in [3.8, 4) is 0 Å². The third kappa shape index (κ3) is 2.49. The fourth-order valence-corrected chi connectivity index (χ4v) is 2.54. The second kappa shape index (κ2) is 5.24. The minimum Gasteiger partial charge on any atom is -0.422 e. The molecule has 0 aliphatic carbocycles. The molecule has 0 amide bonds. The Morgan fingerprint density at radius 1 is 1.00 bits per heavy atom. The van der Waals surface area contributed by atoms with Crippen LogP contribution in [0.1, 0.15) is 21.5 Å². The number of halogens is 3. The summed E-state index contributed by atoms with van der Waals surface area (Å²) in [5.41, 5.74) is 2.02. The van der Waals surface area contributed by atoms with E-state index in [2.05, 4.69) is 15.9 Å². The van der Waals surface area contributed by atoms with Gasteiger partial charge in [0.1, 0.15) is 5.76 Å². The molecule has 2 aromatic carbocycles. The molecule has 0 bridgehead atoms. The van der Waals surface area contributed by atoms with Crippen molar-refractivity contribution in [3.05, 3.63) is 67.6 Å². The molecule has 1 aliphatic heterocycles. The van der Waals surface area contributed by atoms with Gasteiger partial charge in [-0.25, -0.2) is 4.79 Å². The van der Waals surface area contributed by atoms with Gasteiger partial charge in [0, 0.05) is 10.0 Å². The van der Waals surface area contributed by atoms with Crippen LogP contribution in [0.5, 0.6) is 0 Å². The van der Waals surface area contributed by atoms with Gasteiger partial charge in [0.2, 0.25) is 0 Å². The van der Waals surface area contributed by atoms with Crippen LogP contribution in [0.25, 0.3) is 11.8 Å². The maximum Gasteiger partial charge on any atom is 0.344 e. The van der Waals surface area contributed by atoms with E-state index in [9.17, 15) is 4.79 Å². The van der Waals surface area contributed by atoms with Crippen molar-refractivity contribution in [2.45, 2.75) is 0 Å². The lowest BCUT2D eigenvalue weighted by molar-refractivity contribution is 0.0717. The molecule has 5 heteroatoms. The first-order chi connectivity index (χ1) is 9.54. The highest BCUT2D eigenvalue weighted by atomic mass is 79.9. The molecule has 1 aliphatic rings. The molecular weight excluding hydrogens is 363 g/mol. The Labute approximate surface area is 134 Å². The quantitative estimate of drug-likeness (QED) is 0.627. The first kappa shape index (κ1) is 13.7. The molecule has 0 N–H and O–H groups in total. The van der Waals surface area contributed by atoms with Crippen LogP contribution in [-0.2, 0) is 4.74 Å². The molecular formula is C15H7BrCl2O2. The average molecular weight is 370 g/mol. The minimum absolute atomic E-state index is 0.340. The zero-order valence-electron chi connectivity index (χ0n) is 9.99. The Kier molecular flexibility index (Phi) is 3.59. The van der Waals surface area contributed by atoms with Crippen LogP contribution in [0.4, 0.5) is 0 Å². The molecule has 0 unspecified atom stereocenters. The molecule has 0 saturated heterocycles. The molecule has 1 heterocycles. The predicted molar refractivity (Wildman–Crippen MR) is 83.9 cm³/mol. The van der Waals surface area contributed by atoms with E-state index in [4.69, 9.17) is 27.9 Å². The molecule has 0 radical (unpaired) electrons. The van der Waals surface area contributed by atoms with Crippen LogP contribution in [0.2, 0.25) is 10.0 Å². The zero-order valence-corrected chi connectivity index (χ0v) is 13.1. The lowest BCUT2D eigenvalue weighted by atomic mass is 10.1. The summed E-state index contributed by atoms with van der Waals surface area (Å²) < 4.78 is 6.25. The number of hydrogen-bond acceptors (Lipinski definition) is 2. The third-order valence-corrected chi connectivity index (χ3v) is 4.17. The summed E-state index contributed by atoms with van der Waals surface area (Å²) in [6, 6.07) is 10.8. The number of carbonyl (C=O) groups excluding carboxylic acids is 1. The lowest BCUT2D eigenvalue weighted by Crippen LogP contribution is -1.93. The largest absolute Gasteiger partial charge is 0.422 e. The summed E-state index contributed by atoms with van der Waals surface area (Å²) in [5, 5.41) is 0.734. The zero-order chi connectivity index (χ0) is 14.3. The summed E-state index contributed by atoms with van der Waals surface area (Å²) in [7, 11) is 0. The van der Waals surface area contributed by atoms with Gasteiger partial charge < -0.3 is 4.74 Å². The predicted octanol–water partition coefficient (Wildman–Crippen LogP) is 5.42. The summed E-state index contributed by atoms with van der Waals surface area (Å²) in [5.74, 6) is 0.0628. The van der Waals surface area contributed by atoms with E-state index in [0.29, 0.717) is 26.9 Å². The van der Waals surface area contributed by atoms with Crippen molar-refractivity contribution in [2.24, 2.45) is 0 Å². The van der Waals surface area contributed by atoms with Crippen LogP contribution in [-0.4, -0.2) is 5.97 Å². The Bertz CT molecular complexity index is 736. The Hall–Kier alpha value is -1.29. The number of rotatable bonds is 1. The topological polar surface area (TPSA) is 26.3 Å². The number of hydrogen-bond donors (Lipinski definition) is 0. The fraction of sp³-hybridized carbons (Fsp3) is 0. The molecule has 100 valence electrons. The normalized spacial score (nSPS) is 15.3. The summed E-state index contributed by atoms with van der Waals surface area (Å²) >= 11 is 15.3. The van der Waals surface area contributed by atoms with Crippen molar-refractivity contribution in [1.29, 1.82) is 0 Å². The van der Waals surface area contributed by atoms with Gasteiger partial charge in [0.25, 0.3) is 0 Å². The van der Waals surface area contributed by atoms with Crippen LogP contribution in [0, 0.1) is 0 Å². The monoisotopic (exact) mass is 368 g/mol. The Morgan fingerprint density at radius 3 is 2.25 bits per heavy atom. The smallest absolute Gasteiger partial charge is 0.344 e. The van der Waals surface area contributed by atoms with E-state index >= 15 is 0 Å². The third-order valence-electron chi connectivity index (χ3n) is 2.92. The summed E-state index contributed by atoms with van der Waals surface area (Å²) in [4.78, 5) is 11.8. The summed E-state index contributed by atoms with van der Waals surface area (Å²) in [6.07, 6.45) is 1.79. The highest BCUT2D eigenvalue weighted by Gasteiger charge is 2.27. The SMILES string of the molecule is O=C1O/C(=C\c2ccc(Br)cc2)c2cc(Cl)c(Cl)cc21. The van der Waals surface area contributed by atoms with E-state index in [1.54, 1.807) is 12.1 Å². The first-order valence-corrected chi connectivity index (χ1v) is 7.28. The second-order valence-electron chi connectivity index (χ2n) is 4.26. The van der Waals surface area contributed by atoms with Crippen molar-refractivity contribution in [1.82, 2.24) is 0 Å². The molecule has 2 aromatic rings. The highest BCUT2D eigenvalue weighted by molar-refractivity contribution is 9.10. The molecule has 3 rings (SSSR count). The molecule has 0 spiro atoms. The molecule has 20 heavy (non-hydrogen) atoms. The van der Waals surface area contributed by atoms with Crippen molar-refractivity contribution in [3.63, 3.8) is 0 Å². The number of esters is 1.